The number of hydrogen-bond acceptors (Lipinski definition) is 4. The summed E-state index contributed by atoms with van der Waals surface area (Å²) in [6.07, 6.45) is 4.76. The smallest absolute Gasteiger partial charge is 0.293 e. The number of hydrogen-bond donors (Lipinski definition) is 0. The van der Waals surface area contributed by atoms with E-state index >= 15 is 0 Å². The molecule has 88 valence electrons. The quantitative estimate of drug-likeness (QED) is 0.581. The summed E-state index contributed by atoms with van der Waals surface area (Å²) in [6.45, 7) is 4.04. The van der Waals surface area contributed by atoms with Gasteiger partial charge in [0.25, 0.3) is 6.47 Å². The summed E-state index contributed by atoms with van der Waals surface area (Å²) >= 11 is 0. The van der Waals surface area contributed by atoms with Crippen molar-refractivity contribution in [2.45, 2.75) is 51.4 Å². The first-order valence-electron chi connectivity index (χ1n) is 5.69. The molecule has 4 nitrogen and oxygen atoms in total. The largest absolute Gasteiger partial charge is 0.465 e. The fourth-order valence-corrected chi connectivity index (χ4v) is 1.77. The lowest BCUT2D eigenvalue weighted by Gasteiger charge is -2.15. The summed E-state index contributed by atoms with van der Waals surface area (Å²) < 4.78 is 15.6. The van der Waals surface area contributed by atoms with Gasteiger partial charge in [-0.1, -0.05) is 13.3 Å². The zero-order chi connectivity index (χ0) is 10.9. The van der Waals surface area contributed by atoms with E-state index in [0.29, 0.717) is 19.7 Å². The van der Waals surface area contributed by atoms with Crippen LogP contribution in [-0.2, 0) is 19.0 Å². The van der Waals surface area contributed by atoms with Crippen LogP contribution < -0.4 is 0 Å². The molecule has 0 aromatic rings. The number of carbonyl (C=O) groups excluding carboxylic acids is 1. The SMILES string of the molecule is CCCC(CCCC1OCCO1)OC=O. The molecule has 1 heterocycles. The summed E-state index contributed by atoms with van der Waals surface area (Å²) in [5.74, 6) is 0. The van der Waals surface area contributed by atoms with Gasteiger partial charge in [-0.15, -0.1) is 0 Å². The van der Waals surface area contributed by atoms with Gasteiger partial charge < -0.3 is 14.2 Å². The molecule has 0 radical (unpaired) electrons. The molecule has 15 heavy (non-hydrogen) atoms. The van der Waals surface area contributed by atoms with Crippen LogP contribution in [0.25, 0.3) is 0 Å². The van der Waals surface area contributed by atoms with E-state index in [9.17, 15) is 4.79 Å². The highest BCUT2D eigenvalue weighted by Crippen LogP contribution is 2.15. The third-order valence-corrected chi connectivity index (χ3v) is 2.52. The van der Waals surface area contributed by atoms with Gasteiger partial charge in [0.05, 0.1) is 13.2 Å². The average Bonchev–Trinajstić information content (AvgIpc) is 2.71. The summed E-state index contributed by atoms with van der Waals surface area (Å²) in [5, 5.41) is 0. The Morgan fingerprint density at radius 1 is 1.40 bits per heavy atom. The van der Waals surface area contributed by atoms with Crippen LogP contribution in [0, 0.1) is 0 Å². The van der Waals surface area contributed by atoms with E-state index in [-0.39, 0.29) is 12.4 Å². The van der Waals surface area contributed by atoms with Crippen molar-refractivity contribution in [3.05, 3.63) is 0 Å². The second-order valence-electron chi connectivity index (χ2n) is 3.75. The van der Waals surface area contributed by atoms with Crippen molar-refractivity contribution in [3.8, 4) is 0 Å². The summed E-state index contributed by atoms with van der Waals surface area (Å²) in [7, 11) is 0. The Balaban J connectivity index is 2.06. The molecule has 0 N–H and O–H groups in total. The van der Waals surface area contributed by atoms with Crippen molar-refractivity contribution in [2.24, 2.45) is 0 Å². The van der Waals surface area contributed by atoms with Crippen LogP contribution in [-0.4, -0.2) is 32.1 Å². The molecule has 1 unspecified atom stereocenters. The monoisotopic (exact) mass is 216 g/mol. The van der Waals surface area contributed by atoms with E-state index in [1.807, 2.05) is 0 Å². The van der Waals surface area contributed by atoms with Gasteiger partial charge in [0, 0.05) is 0 Å². The highest BCUT2D eigenvalue weighted by Gasteiger charge is 2.16. The van der Waals surface area contributed by atoms with E-state index < -0.39 is 0 Å². The zero-order valence-electron chi connectivity index (χ0n) is 9.31. The second kappa shape index (κ2) is 7.65. The van der Waals surface area contributed by atoms with Crippen LogP contribution >= 0.6 is 0 Å². The first-order chi connectivity index (χ1) is 7.36. The van der Waals surface area contributed by atoms with Gasteiger partial charge in [0.1, 0.15) is 6.10 Å². The minimum Gasteiger partial charge on any atom is -0.465 e. The van der Waals surface area contributed by atoms with Crippen molar-refractivity contribution in [1.82, 2.24) is 0 Å². The summed E-state index contributed by atoms with van der Waals surface area (Å²) in [6, 6.07) is 0. The van der Waals surface area contributed by atoms with Crippen LogP contribution in [0.5, 0.6) is 0 Å². The van der Waals surface area contributed by atoms with Crippen molar-refractivity contribution in [3.63, 3.8) is 0 Å². The lowest BCUT2D eigenvalue weighted by atomic mass is 10.1. The van der Waals surface area contributed by atoms with Gasteiger partial charge in [0.2, 0.25) is 0 Å². The predicted molar refractivity (Wildman–Crippen MR) is 55.4 cm³/mol. The second-order valence-corrected chi connectivity index (χ2v) is 3.75. The maximum atomic E-state index is 10.2. The minimum absolute atomic E-state index is 0.0384. The third kappa shape index (κ3) is 5.14. The van der Waals surface area contributed by atoms with Gasteiger partial charge in [-0.25, -0.2) is 0 Å². The zero-order valence-corrected chi connectivity index (χ0v) is 9.31. The molecule has 1 rings (SSSR count). The first-order valence-corrected chi connectivity index (χ1v) is 5.69. The molecular weight excluding hydrogens is 196 g/mol. The van der Waals surface area contributed by atoms with Gasteiger partial charge in [-0.3, -0.25) is 4.79 Å². The van der Waals surface area contributed by atoms with Gasteiger partial charge >= 0.3 is 0 Å². The summed E-state index contributed by atoms with van der Waals surface area (Å²) in [4.78, 5) is 10.2. The van der Waals surface area contributed by atoms with Gasteiger partial charge in [0.15, 0.2) is 6.29 Å². The molecule has 0 aromatic heterocycles. The molecule has 0 amide bonds. The fourth-order valence-electron chi connectivity index (χ4n) is 1.77. The summed E-state index contributed by atoms with van der Waals surface area (Å²) in [5.41, 5.74) is 0. The molecule has 0 saturated carbocycles. The van der Waals surface area contributed by atoms with Gasteiger partial charge in [-0.2, -0.15) is 0 Å². The van der Waals surface area contributed by atoms with Crippen LogP contribution in [0.1, 0.15) is 39.0 Å². The maximum Gasteiger partial charge on any atom is 0.293 e. The molecule has 0 aliphatic carbocycles. The molecule has 4 heteroatoms. The molecule has 1 fully saturated rings. The van der Waals surface area contributed by atoms with Crippen molar-refractivity contribution in [2.75, 3.05) is 13.2 Å². The van der Waals surface area contributed by atoms with Crippen molar-refractivity contribution in [1.29, 1.82) is 0 Å². The van der Waals surface area contributed by atoms with E-state index in [2.05, 4.69) is 6.92 Å². The van der Waals surface area contributed by atoms with Crippen LogP contribution in [0.4, 0.5) is 0 Å². The maximum absolute atomic E-state index is 10.2. The van der Waals surface area contributed by atoms with Crippen LogP contribution in [0.15, 0.2) is 0 Å². The highest BCUT2D eigenvalue weighted by molar-refractivity contribution is 5.37. The molecule has 0 aromatic carbocycles. The van der Waals surface area contributed by atoms with Gasteiger partial charge in [-0.05, 0) is 25.7 Å². The number of carbonyl (C=O) groups is 1. The molecular formula is C11H20O4. The lowest BCUT2D eigenvalue weighted by Crippen LogP contribution is -2.14. The molecule has 1 aliphatic rings. The molecule has 1 saturated heterocycles. The standard InChI is InChI=1S/C11H20O4/c1-2-4-10(15-9-12)5-3-6-11-13-7-8-14-11/h9-11H,2-8H2,1H3. The minimum atomic E-state index is -0.0384. The highest BCUT2D eigenvalue weighted by atomic mass is 16.7. The topological polar surface area (TPSA) is 44.8 Å². The Bertz CT molecular complexity index is 166. The molecule has 0 spiro atoms. The first kappa shape index (κ1) is 12.5. The molecule has 1 aliphatic heterocycles. The van der Waals surface area contributed by atoms with Crippen LogP contribution in [0.3, 0.4) is 0 Å². The Kier molecular flexibility index (Phi) is 6.36. The van der Waals surface area contributed by atoms with Crippen molar-refractivity contribution >= 4 is 6.47 Å². The third-order valence-electron chi connectivity index (χ3n) is 2.52. The Morgan fingerprint density at radius 3 is 2.73 bits per heavy atom. The normalized spacial score (nSPS) is 19.0. The molecule has 0 bridgehead atoms. The molecule has 1 atom stereocenters. The van der Waals surface area contributed by atoms with E-state index in [0.717, 1.165) is 32.1 Å². The van der Waals surface area contributed by atoms with E-state index in [4.69, 9.17) is 14.2 Å². The average molecular weight is 216 g/mol. The van der Waals surface area contributed by atoms with Crippen molar-refractivity contribution < 1.29 is 19.0 Å². The lowest BCUT2D eigenvalue weighted by molar-refractivity contribution is -0.134. The Morgan fingerprint density at radius 2 is 2.13 bits per heavy atom. The fraction of sp³-hybridized carbons (Fsp3) is 0.909. The number of ether oxygens (including phenoxy) is 3. The number of rotatable bonds is 8. The Labute approximate surface area is 90.9 Å². The Hall–Kier alpha value is -0.610. The van der Waals surface area contributed by atoms with E-state index in [1.54, 1.807) is 0 Å². The van der Waals surface area contributed by atoms with E-state index in [1.165, 1.54) is 0 Å². The van der Waals surface area contributed by atoms with Crippen LogP contribution in [0.2, 0.25) is 0 Å². The predicted octanol–water partition coefficient (Wildman–Crippen LogP) is 1.87.